The van der Waals surface area contributed by atoms with Crippen LogP contribution in [0, 0.1) is 17.3 Å². The average Bonchev–Trinajstić information content (AvgIpc) is 1.82. The molecular formula is C9H16O. The quantitative estimate of drug-likeness (QED) is 0.546. The molecule has 0 aromatic carbocycles. The molecule has 0 bridgehead atoms. The van der Waals surface area contributed by atoms with Crippen LogP contribution in [0.15, 0.2) is 0 Å². The van der Waals surface area contributed by atoms with Gasteiger partial charge in [0, 0.05) is 11.3 Å². The Morgan fingerprint density at radius 1 is 1.50 bits per heavy atom. The van der Waals surface area contributed by atoms with Crippen molar-refractivity contribution in [2.24, 2.45) is 17.3 Å². The molecule has 0 radical (unpaired) electrons. The van der Waals surface area contributed by atoms with Gasteiger partial charge in [0.15, 0.2) is 0 Å². The van der Waals surface area contributed by atoms with E-state index in [0.29, 0.717) is 17.6 Å². The predicted molar refractivity (Wildman–Crippen MR) is 41.7 cm³/mol. The molecule has 0 amide bonds. The summed E-state index contributed by atoms with van der Waals surface area (Å²) >= 11 is 0. The molecule has 0 aromatic rings. The van der Waals surface area contributed by atoms with Gasteiger partial charge in [0.1, 0.15) is 5.78 Å². The van der Waals surface area contributed by atoms with E-state index in [1.54, 1.807) is 0 Å². The molecule has 0 aromatic heterocycles. The normalized spacial score (nSPS) is 30.5. The summed E-state index contributed by atoms with van der Waals surface area (Å²) in [5.74, 6) is 1.36. The molecule has 1 rings (SSSR count). The summed E-state index contributed by atoms with van der Waals surface area (Å²) in [5, 5.41) is 0. The summed E-state index contributed by atoms with van der Waals surface area (Å²) in [7, 11) is 0. The standard InChI is InChI=1S/C9H16O/c1-6(2)7-5-9(3,4)8(7)10/h6-7H,5H2,1-4H3. The minimum Gasteiger partial charge on any atom is -0.299 e. The summed E-state index contributed by atoms with van der Waals surface area (Å²) in [6.07, 6.45) is 1.09. The van der Waals surface area contributed by atoms with Gasteiger partial charge in [0.25, 0.3) is 0 Å². The smallest absolute Gasteiger partial charge is 0.141 e. The van der Waals surface area contributed by atoms with Crippen LogP contribution in [0.1, 0.15) is 34.1 Å². The van der Waals surface area contributed by atoms with Gasteiger partial charge in [0.05, 0.1) is 0 Å². The molecular weight excluding hydrogens is 124 g/mol. The predicted octanol–water partition coefficient (Wildman–Crippen LogP) is 2.26. The van der Waals surface area contributed by atoms with Gasteiger partial charge >= 0.3 is 0 Å². The van der Waals surface area contributed by atoms with Crippen molar-refractivity contribution in [3.8, 4) is 0 Å². The van der Waals surface area contributed by atoms with Crippen LogP contribution >= 0.6 is 0 Å². The number of hydrogen-bond donors (Lipinski definition) is 0. The molecule has 1 heteroatoms. The zero-order valence-electron chi connectivity index (χ0n) is 7.27. The molecule has 10 heavy (non-hydrogen) atoms. The molecule has 1 saturated carbocycles. The van der Waals surface area contributed by atoms with Gasteiger partial charge in [-0.15, -0.1) is 0 Å². The Morgan fingerprint density at radius 2 is 2.00 bits per heavy atom. The summed E-state index contributed by atoms with van der Waals surface area (Å²) in [5.41, 5.74) is -0.00502. The Bertz CT molecular complexity index is 156. The molecule has 58 valence electrons. The van der Waals surface area contributed by atoms with E-state index in [2.05, 4.69) is 13.8 Å². The van der Waals surface area contributed by atoms with Crippen molar-refractivity contribution in [1.29, 1.82) is 0 Å². The first-order valence-corrected chi connectivity index (χ1v) is 3.99. The van der Waals surface area contributed by atoms with Crippen LogP contribution in [0.2, 0.25) is 0 Å². The first kappa shape index (κ1) is 7.77. The Kier molecular flexibility index (Phi) is 1.61. The van der Waals surface area contributed by atoms with Crippen LogP contribution in [0.3, 0.4) is 0 Å². The second-order valence-corrected chi connectivity index (χ2v) is 4.30. The molecule has 1 atom stereocenters. The molecule has 0 heterocycles. The lowest BCUT2D eigenvalue weighted by atomic mass is 9.60. The molecule has 0 spiro atoms. The maximum atomic E-state index is 11.3. The van der Waals surface area contributed by atoms with Crippen LogP contribution in [0.4, 0.5) is 0 Å². The van der Waals surface area contributed by atoms with E-state index in [4.69, 9.17) is 0 Å². The minimum atomic E-state index is -0.00502. The zero-order valence-corrected chi connectivity index (χ0v) is 7.27. The van der Waals surface area contributed by atoms with Crippen molar-refractivity contribution in [2.45, 2.75) is 34.1 Å². The van der Waals surface area contributed by atoms with Crippen molar-refractivity contribution in [2.75, 3.05) is 0 Å². The lowest BCUT2D eigenvalue weighted by Crippen LogP contribution is -2.46. The van der Waals surface area contributed by atoms with Gasteiger partial charge in [-0.2, -0.15) is 0 Å². The Labute approximate surface area is 62.8 Å². The minimum absolute atomic E-state index is 0.00502. The number of ketones is 1. The van der Waals surface area contributed by atoms with E-state index < -0.39 is 0 Å². The van der Waals surface area contributed by atoms with E-state index in [-0.39, 0.29) is 5.41 Å². The van der Waals surface area contributed by atoms with Gasteiger partial charge in [0.2, 0.25) is 0 Å². The molecule has 1 fully saturated rings. The second-order valence-electron chi connectivity index (χ2n) is 4.30. The van der Waals surface area contributed by atoms with Crippen molar-refractivity contribution in [3.63, 3.8) is 0 Å². The summed E-state index contributed by atoms with van der Waals surface area (Å²) < 4.78 is 0. The zero-order chi connectivity index (χ0) is 7.94. The van der Waals surface area contributed by atoms with Gasteiger partial charge in [-0.05, 0) is 12.3 Å². The highest BCUT2D eigenvalue weighted by Gasteiger charge is 2.46. The molecule has 0 aliphatic heterocycles. The number of carbonyl (C=O) groups is 1. The van der Waals surface area contributed by atoms with Crippen molar-refractivity contribution in [3.05, 3.63) is 0 Å². The van der Waals surface area contributed by atoms with E-state index in [1.165, 1.54) is 0 Å². The highest BCUT2D eigenvalue weighted by Crippen LogP contribution is 2.44. The Morgan fingerprint density at radius 3 is 2.10 bits per heavy atom. The van der Waals surface area contributed by atoms with E-state index in [0.717, 1.165) is 6.42 Å². The average molecular weight is 140 g/mol. The van der Waals surface area contributed by atoms with Crippen LogP contribution in [-0.2, 0) is 4.79 Å². The highest BCUT2D eigenvalue weighted by atomic mass is 16.1. The lowest BCUT2D eigenvalue weighted by Gasteiger charge is -2.42. The molecule has 1 aliphatic carbocycles. The van der Waals surface area contributed by atoms with E-state index in [9.17, 15) is 4.79 Å². The first-order valence-electron chi connectivity index (χ1n) is 3.99. The maximum absolute atomic E-state index is 11.3. The third-order valence-electron chi connectivity index (χ3n) is 2.54. The molecule has 0 N–H and O–H groups in total. The summed E-state index contributed by atoms with van der Waals surface area (Å²) in [6.45, 7) is 8.32. The van der Waals surface area contributed by atoms with E-state index in [1.807, 2.05) is 13.8 Å². The Hall–Kier alpha value is -0.330. The SMILES string of the molecule is CC(C)C1CC(C)(C)C1=O. The number of carbonyl (C=O) groups excluding carboxylic acids is 1. The highest BCUT2D eigenvalue weighted by molar-refractivity contribution is 5.92. The number of Topliss-reactive ketones (excluding diaryl/α,β-unsaturated/α-hetero) is 1. The lowest BCUT2D eigenvalue weighted by molar-refractivity contribution is -0.145. The van der Waals surface area contributed by atoms with Gasteiger partial charge in [-0.3, -0.25) is 4.79 Å². The molecule has 0 saturated heterocycles. The molecule has 1 unspecified atom stereocenters. The third-order valence-corrected chi connectivity index (χ3v) is 2.54. The first-order chi connectivity index (χ1) is 4.45. The molecule has 1 nitrogen and oxygen atoms in total. The summed E-state index contributed by atoms with van der Waals surface area (Å²) in [6, 6.07) is 0. The van der Waals surface area contributed by atoms with Crippen LogP contribution in [0.5, 0.6) is 0 Å². The van der Waals surface area contributed by atoms with Crippen molar-refractivity contribution in [1.82, 2.24) is 0 Å². The Balaban J connectivity index is 2.55. The van der Waals surface area contributed by atoms with Crippen LogP contribution in [0.25, 0.3) is 0 Å². The van der Waals surface area contributed by atoms with Crippen LogP contribution in [-0.4, -0.2) is 5.78 Å². The summed E-state index contributed by atoms with van der Waals surface area (Å²) in [4.78, 5) is 11.3. The second kappa shape index (κ2) is 2.08. The third kappa shape index (κ3) is 0.979. The monoisotopic (exact) mass is 140 g/mol. The van der Waals surface area contributed by atoms with Gasteiger partial charge < -0.3 is 0 Å². The number of rotatable bonds is 1. The van der Waals surface area contributed by atoms with Crippen LogP contribution < -0.4 is 0 Å². The van der Waals surface area contributed by atoms with Crippen molar-refractivity contribution < 1.29 is 4.79 Å². The fraction of sp³-hybridized carbons (Fsp3) is 0.889. The fourth-order valence-electron chi connectivity index (χ4n) is 1.65. The topological polar surface area (TPSA) is 17.1 Å². The van der Waals surface area contributed by atoms with E-state index >= 15 is 0 Å². The largest absolute Gasteiger partial charge is 0.299 e. The fourth-order valence-corrected chi connectivity index (χ4v) is 1.65. The van der Waals surface area contributed by atoms with Gasteiger partial charge in [-0.25, -0.2) is 0 Å². The molecule has 1 aliphatic rings. The van der Waals surface area contributed by atoms with Crippen molar-refractivity contribution >= 4 is 5.78 Å². The maximum Gasteiger partial charge on any atom is 0.141 e. The number of hydrogen-bond acceptors (Lipinski definition) is 1. The van der Waals surface area contributed by atoms with Gasteiger partial charge in [-0.1, -0.05) is 27.7 Å².